The van der Waals surface area contributed by atoms with Crippen molar-refractivity contribution in [2.75, 3.05) is 10.6 Å². The van der Waals surface area contributed by atoms with Crippen molar-refractivity contribution in [1.29, 1.82) is 5.26 Å². The minimum absolute atomic E-state index is 0.234. The lowest BCUT2D eigenvalue weighted by molar-refractivity contribution is -0.109. The van der Waals surface area contributed by atoms with Crippen molar-refractivity contribution >= 4 is 41.7 Å². The highest BCUT2D eigenvalue weighted by atomic mass is 35.5. The molecule has 7 nitrogen and oxygen atoms in total. The molecule has 0 saturated heterocycles. The molecule has 6 rings (SSSR count). The summed E-state index contributed by atoms with van der Waals surface area (Å²) in [4.78, 5) is 4.38. The maximum atomic E-state index is 13.8. The largest absolute Gasteiger partial charge is 0.378 e. The fourth-order valence-electron chi connectivity index (χ4n) is 5.53. The van der Waals surface area contributed by atoms with Crippen molar-refractivity contribution in [3.8, 4) is 6.07 Å². The van der Waals surface area contributed by atoms with Gasteiger partial charge in [-0.3, -0.25) is 9.99 Å². The number of alkyl halides is 2. The van der Waals surface area contributed by atoms with E-state index in [1.165, 1.54) is 18.3 Å². The molecule has 2 heterocycles. The van der Waals surface area contributed by atoms with E-state index in [1.807, 2.05) is 19.1 Å². The summed E-state index contributed by atoms with van der Waals surface area (Å²) in [5.41, 5.74) is 8.01. The molecule has 3 aliphatic rings. The lowest BCUT2D eigenvalue weighted by Crippen LogP contribution is -2.54. The van der Waals surface area contributed by atoms with Crippen molar-refractivity contribution < 1.29 is 13.2 Å². The Morgan fingerprint density at radius 1 is 1.23 bits per heavy atom. The van der Waals surface area contributed by atoms with Crippen LogP contribution in [0.25, 0.3) is 10.9 Å². The predicted molar refractivity (Wildman–Crippen MR) is 147 cm³/mol. The number of halogens is 4. The van der Waals surface area contributed by atoms with Crippen LogP contribution in [0.4, 0.5) is 24.5 Å². The van der Waals surface area contributed by atoms with Crippen LogP contribution in [0.2, 0.25) is 5.02 Å². The maximum absolute atomic E-state index is 13.8. The van der Waals surface area contributed by atoms with Crippen LogP contribution in [0, 0.1) is 17.1 Å². The number of aromatic nitrogens is 1. The van der Waals surface area contributed by atoms with Gasteiger partial charge in [0, 0.05) is 47.9 Å². The highest BCUT2D eigenvalue weighted by Gasteiger charge is 2.54. The van der Waals surface area contributed by atoms with Gasteiger partial charge in [-0.25, -0.2) is 13.2 Å². The van der Waals surface area contributed by atoms with E-state index < -0.39 is 16.9 Å². The number of anilines is 2. The van der Waals surface area contributed by atoms with Crippen molar-refractivity contribution in [3.63, 3.8) is 0 Å². The van der Waals surface area contributed by atoms with Crippen LogP contribution in [0.3, 0.4) is 0 Å². The van der Waals surface area contributed by atoms with Gasteiger partial charge in [0.1, 0.15) is 19.7 Å². The normalized spacial score (nSPS) is 20.8. The number of hydrogen-bond donors (Lipinski definition) is 4. The Bertz CT molecular complexity index is 1530. The van der Waals surface area contributed by atoms with Gasteiger partial charge in [0.05, 0.1) is 32.9 Å². The smallest absolute Gasteiger partial charge is 0.252 e. The van der Waals surface area contributed by atoms with Gasteiger partial charge in [-0.1, -0.05) is 23.7 Å². The van der Waals surface area contributed by atoms with Crippen molar-refractivity contribution in [3.05, 3.63) is 76.5 Å². The van der Waals surface area contributed by atoms with Crippen LogP contribution < -0.4 is 21.6 Å². The Morgan fingerprint density at radius 2 is 1.95 bits per heavy atom. The molecule has 1 aliphatic heterocycles. The molecular weight excluding hydrogens is 526 g/mol. The van der Waals surface area contributed by atoms with Gasteiger partial charge in [0.25, 0.3) is 5.92 Å². The summed E-state index contributed by atoms with van der Waals surface area (Å²) in [7, 11) is 1.97. The molecule has 4 N–H and O–H groups in total. The molecule has 2 fully saturated rings. The Kier molecular flexibility index (Phi) is 5.90. The molecule has 1 unspecified atom stereocenters. The van der Waals surface area contributed by atoms with Crippen LogP contribution in [-0.2, 0) is 5.44 Å². The van der Waals surface area contributed by atoms with Crippen molar-refractivity contribution in [1.82, 2.24) is 21.0 Å². The van der Waals surface area contributed by atoms with Gasteiger partial charge in [0.2, 0.25) is 0 Å². The molecule has 1 atom stereocenters. The Balaban J connectivity index is 1.43. The molecule has 0 amide bonds. The summed E-state index contributed by atoms with van der Waals surface area (Å²) in [5.74, 6) is -3.09. The van der Waals surface area contributed by atoms with E-state index in [2.05, 4.69) is 32.6 Å². The standard InChI is InChI=1S/C27H26BClF3N7/c1-25(13-26(31,32)14-25)36-23-15(10-33)11-34-24-20(23)8-18(9-21(24)29)35-27(28,16-2-4-17(30)5-3-16)22-12-39(38-37-22)19-6-7-19/h2-5,8-9,11-12,19,35,37-38H,6-7,13-14,28H2,1H3,(H,34,36). The van der Waals surface area contributed by atoms with Crippen LogP contribution in [0.15, 0.2) is 54.5 Å². The van der Waals surface area contributed by atoms with Gasteiger partial charge >= 0.3 is 0 Å². The summed E-state index contributed by atoms with van der Waals surface area (Å²) in [6, 6.07) is 12.3. The predicted octanol–water partition coefficient (Wildman–Crippen LogP) is 4.73. The van der Waals surface area contributed by atoms with E-state index in [4.69, 9.17) is 11.6 Å². The first kappa shape index (κ1) is 25.7. The molecule has 2 aromatic carbocycles. The number of hydrogen-bond acceptors (Lipinski definition) is 7. The number of fused-ring (bicyclic) bond motifs is 1. The highest BCUT2D eigenvalue weighted by molar-refractivity contribution is 6.36. The minimum Gasteiger partial charge on any atom is -0.378 e. The lowest BCUT2D eigenvalue weighted by atomic mass is 9.69. The molecule has 12 heteroatoms. The van der Waals surface area contributed by atoms with Crippen LogP contribution in [0.1, 0.15) is 43.7 Å². The van der Waals surface area contributed by atoms with E-state index in [9.17, 15) is 18.4 Å². The molecule has 1 aromatic heterocycles. The molecule has 2 aliphatic carbocycles. The summed E-state index contributed by atoms with van der Waals surface area (Å²) in [6.45, 7) is 1.71. The number of hydrazine groups is 2. The van der Waals surface area contributed by atoms with Gasteiger partial charge in [-0.15, -0.1) is 5.53 Å². The van der Waals surface area contributed by atoms with Crippen molar-refractivity contribution in [2.24, 2.45) is 0 Å². The topological polar surface area (TPSA) is 88.0 Å². The zero-order valence-electron chi connectivity index (χ0n) is 21.4. The molecule has 39 heavy (non-hydrogen) atoms. The van der Waals surface area contributed by atoms with Crippen LogP contribution in [0.5, 0.6) is 0 Å². The third-order valence-corrected chi connectivity index (χ3v) is 7.94. The highest BCUT2D eigenvalue weighted by Crippen LogP contribution is 2.48. The summed E-state index contributed by atoms with van der Waals surface area (Å²) < 4.78 is 41.4. The molecule has 3 aromatic rings. The molecule has 200 valence electrons. The van der Waals surface area contributed by atoms with E-state index in [-0.39, 0.29) is 24.2 Å². The number of nitriles is 1. The number of rotatable bonds is 7. The number of benzene rings is 2. The zero-order valence-corrected chi connectivity index (χ0v) is 22.1. The average Bonchev–Trinajstić information content (AvgIpc) is 3.59. The van der Waals surface area contributed by atoms with E-state index in [1.54, 1.807) is 31.2 Å². The number of nitrogens with one attached hydrogen (secondary N) is 4. The van der Waals surface area contributed by atoms with E-state index in [0.717, 1.165) is 24.1 Å². The number of nitrogens with zero attached hydrogens (tertiary/aromatic N) is 3. The molecule has 0 spiro atoms. The lowest BCUT2D eigenvalue weighted by Gasteiger charge is -2.46. The van der Waals surface area contributed by atoms with E-state index in [0.29, 0.717) is 33.3 Å². The van der Waals surface area contributed by atoms with Gasteiger partial charge < -0.3 is 16.1 Å². The van der Waals surface area contributed by atoms with Gasteiger partial charge in [0.15, 0.2) is 0 Å². The second kappa shape index (κ2) is 8.96. The zero-order chi connectivity index (χ0) is 27.6. The molecule has 2 saturated carbocycles. The Hall–Kier alpha value is -3.62. The maximum Gasteiger partial charge on any atom is 0.252 e. The summed E-state index contributed by atoms with van der Waals surface area (Å²) in [6.07, 6.45) is 4.90. The SMILES string of the molecule is BC(Nc1cc(Cl)c2ncc(C#N)c(NC3(C)CC(F)(F)C3)c2c1)(C1=CN(C2CC2)NN1)c1ccc(F)cc1. The van der Waals surface area contributed by atoms with Crippen molar-refractivity contribution in [2.45, 2.75) is 55.5 Å². The third-order valence-electron chi connectivity index (χ3n) is 7.65. The second-order valence-electron chi connectivity index (χ2n) is 11.1. The van der Waals surface area contributed by atoms with Crippen LogP contribution in [-0.4, -0.2) is 35.3 Å². The molecule has 0 bridgehead atoms. The number of pyridine rings is 1. The first-order chi connectivity index (χ1) is 18.5. The monoisotopic (exact) mass is 551 g/mol. The summed E-state index contributed by atoms with van der Waals surface area (Å²) >= 11 is 6.69. The summed E-state index contributed by atoms with van der Waals surface area (Å²) in [5, 5.41) is 19.4. The molecular formula is C27H26BClF3N7. The van der Waals surface area contributed by atoms with Crippen LogP contribution >= 0.6 is 11.6 Å². The minimum atomic E-state index is -2.75. The Labute approximate surface area is 229 Å². The quantitative estimate of drug-likeness (QED) is 0.316. The average molecular weight is 552 g/mol. The fourth-order valence-corrected chi connectivity index (χ4v) is 5.80. The molecule has 0 radical (unpaired) electrons. The first-order valence-corrected chi connectivity index (χ1v) is 13.1. The first-order valence-electron chi connectivity index (χ1n) is 12.7. The Morgan fingerprint density at radius 3 is 2.59 bits per heavy atom. The van der Waals surface area contributed by atoms with E-state index >= 15 is 0 Å². The fraction of sp³-hybridized carbons (Fsp3) is 0.333. The third kappa shape index (κ3) is 4.72. The second-order valence-corrected chi connectivity index (χ2v) is 11.5. The van der Waals surface area contributed by atoms with Gasteiger partial charge in [-0.2, -0.15) is 5.26 Å². The van der Waals surface area contributed by atoms with Gasteiger partial charge in [-0.05, 0) is 49.6 Å².